The minimum absolute atomic E-state index is 0.171. The van der Waals surface area contributed by atoms with Crippen LogP contribution in [0, 0.1) is 0 Å². The van der Waals surface area contributed by atoms with Crippen molar-refractivity contribution in [2.24, 2.45) is 0 Å². The van der Waals surface area contributed by atoms with Gasteiger partial charge in [0.15, 0.2) is 4.47 Å². The van der Waals surface area contributed by atoms with Crippen LogP contribution in [0.3, 0.4) is 0 Å². The Balaban J connectivity index is 2.05. The van der Waals surface area contributed by atoms with Crippen LogP contribution in [-0.2, 0) is 0 Å². The number of hydrogen-bond acceptors (Lipinski definition) is 4. The Kier molecular flexibility index (Phi) is 4.12. The zero-order chi connectivity index (χ0) is 15.0. The third-order valence-corrected chi connectivity index (χ3v) is 4.88. The number of carbonyl (C=O) groups is 1. The lowest BCUT2D eigenvalue weighted by Gasteiger charge is -2.01. The minimum atomic E-state index is -0.171. The van der Waals surface area contributed by atoms with Gasteiger partial charge in [-0.05, 0) is 24.3 Å². The van der Waals surface area contributed by atoms with Gasteiger partial charge in [-0.2, -0.15) is 5.10 Å². The summed E-state index contributed by atoms with van der Waals surface area (Å²) < 4.78 is 1.22. The fraction of sp³-hybridized carbons (Fsp3) is 0. The van der Waals surface area contributed by atoms with Crippen molar-refractivity contribution in [1.82, 2.24) is 15.2 Å². The van der Waals surface area contributed by atoms with Crippen molar-refractivity contribution in [3.63, 3.8) is 0 Å². The lowest BCUT2D eigenvalue weighted by atomic mass is 10.1. The van der Waals surface area contributed by atoms with E-state index in [4.69, 9.17) is 23.2 Å². The number of aromatic amines is 1. The molecule has 0 atom stereocenters. The summed E-state index contributed by atoms with van der Waals surface area (Å²) in [5.41, 5.74) is 1.51. The van der Waals surface area contributed by atoms with Gasteiger partial charge in [-0.3, -0.25) is 9.89 Å². The third-order valence-electron chi connectivity index (χ3n) is 2.78. The predicted molar refractivity (Wildman–Crippen MR) is 87.3 cm³/mol. The maximum absolute atomic E-state index is 12.6. The number of thiazole rings is 1. The first-order chi connectivity index (χ1) is 10.1. The Morgan fingerprint density at radius 1 is 1.24 bits per heavy atom. The molecule has 3 aromatic rings. The van der Waals surface area contributed by atoms with Crippen molar-refractivity contribution >= 4 is 56.3 Å². The molecule has 0 saturated heterocycles. The predicted octanol–water partition coefficient (Wildman–Crippen LogP) is 4.83. The van der Waals surface area contributed by atoms with Gasteiger partial charge in [-0.25, -0.2) is 4.98 Å². The number of ketones is 1. The Morgan fingerprint density at radius 2 is 1.95 bits per heavy atom. The Bertz CT molecular complexity index is 813. The van der Waals surface area contributed by atoms with Crippen molar-refractivity contribution in [3.05, 3.63) is 55.8 Å². The summed E-state index contributed by atoms with van der Waals surface area (Å²) in [6, 6.07) is 7.08. The molecule has 0 unspecified atom stereocenters. The average molecular weight is 403 g/mol. The van der Waals surface area contributed by atoms with Gasteiger partial charge in [0.2, 0.25) is 5.78 Å². The molecule has 1 aromatic carbocycles. The molecule has 106 valence electrons. The first-order valence-electron chi connectivity index (χ1n) is 5.72. The summed E-state index contributed by atoms with van der Waals surface area (Å²) >= 11 is 16.4. The quantitative estimate of drug-likeness (QED) is 0.638. The van der Waals surface area contributed by atoms with E-state index in [1.807, 2.05) is 0 Å². The van der Waals surface area contributed by atoms with E-state index in [2.05, 4.69) is 31.1 Å². The molecule has 2 heterocycles. The van der Waals surface area contributed by atoms with Crippen LogP contribution in [0.1, 0.15) is 16.1 Å². The number of nitrogens with zero attached hydrogens (tertiary/aromatic N) is 2. The molecular formula is C13H6BrCl2N3OS. The molecule has 0 bridgehead atoms. The number of aromatic nitrogens is 3. The number of benzene rings is 1. The van der Waals surface area contributed by atoms with Crippen LogP contribution in [0.2, 0.25) is 9.62 Å². The molecule has 4 nitrogen and oxygen atoms in total. The summed E-state index contributed by atoms with van der Waals surface area (Å²) in [4.78, 5) is 17.1. The van der Waals surface area contributed by atoms with Gasteiger partial charge in [-0.15, -0.1) is 11.3 Å². The second-order valence-corrected chi connectivity index (χ2v) is 6.94. The monoisotopic (exact) mass is 401 g/mol. The topological polar surface area (TPSA) is 58.6 Å². The van der Waals surface area contributed by atoms with Gasteiger partial charge in [0.1, 0.15) is 10.8 Å². The van der Waals surface area contributed by atoms with E-state index in [0.29, 0.717) is 26.2 Å². The molecule has 0 fully saturated rings. The maximum Gasteiger partial charge on any atom is 0.211 e. The van der Waals surface area contributed by atoms with E-state index in [1.165, 1.54) is 11.3 Å². The van der Waals surface area contributed by atoms with E-state index in [-0.39, 0.29) is 10.9 Å². The van der Waals surface area contributed by atoms with E-state index in [9.17, 15) is 4.79 Å². The first-order valence-corrected chi connectivity index (χ1v) is 8.08. The minimum Gasteiger partial charge on any atom is -0.287 e. The molecule has 3 rings (SSSR count). The van der Waals surface area contributed by atoms with Gasteiger partial charge in [0.05, 0.1) is 11.1 Å². The lowest BCUT2D eigenvalue weighted by Crippen LogP contribution is -2.03. The molecule has 0 radical (unpaired) electrons. The van der Waals surface area contributed by atoms with Gasteiger partial charge >= 0.3 is 0 Å². The van der Waals surface area contributed by atoms with Gasteiger partial charge in [0.25, 0.3) is 0 Å². The van der Waals surface area contributed by atoms with Crippen molar-refractivity contribution in [3.8, 4) is 10.4 Å². The number of rotatable bonds is 3. The fourth-order valence-corrected chi connectivity index (χ4v) is 3.50. The number of nitrogens with one attached hydrogen (secondary N) is 1. The first kappa shape index (κ1) is 14.7. The summed E-state index contributed by atoms with van der Waals surface area (Å²) in [7, 11) is 0. The molecule has 0 amide bonds. The van der Waals surface area contributed by atoms with Crippen LogP contribution in [0.15, 0.2) is 34.9 Å². The van der Waals surface area contributed by atoms with Crippen LogP contribution in [0.5, 0.6) is 0 Å². The highest BCUT2D eigenvalue weighted by Gasteiger charge is 2.21. The Labute approximate surface area is 142 Å². The molecule has 8 heteroatoms. The summed E-state index contributed by atoms with van der Waals surface area (Å²) in [5.74, 6) is -0.171. The molecule has 0 aliphatic rings. The van der Waals surface area contributed by atoms with Crippen molar-refractivity contribution in [2.45, 2.75) is 0 Å². The Morgan fingerprint density at radius 3 is 2.57 bits per heavy atom. The number of carbonyl (C=O) groups excluding carboxylic acids is 1. The summed E-state index contributed by atoms with van der Waals surface area (Å²) in [6.45, 7) is 0. The van der Waals surface area contributed by atoms with Crippen molar-refractivity contribution < 1.29 is 4.79 Å². The molecule has 0 aliphatic carbocycles. The van der Waals surface area contributed by atoms with E-state index >= 15 is 0 Å². The van der Waals surface area contributed by atoms with E-state index in [0.717, 1.165) is 4.47 Å². The molecule has 2 aromatic heterocycles. The second kappa shape index (κ2) is 5.88. The van der Waals surface area contributed by atoms with Gasteiger partial charge < -0.3 is 0 Å². The molecule has 0 saturated carbocycles. The zero-order valence-corrected chi connectivity index (χ0v) is 14.1. The fourth-order valence-electron chi connectivity index (χ4n) is 1.82. The number of halogens is 3. The highest BCUT2D eigenvalue weighted by molar-refractivity contribution is 9.10. The van der Waals surface area contributed by atoms with Crippen LogP contribution < -0.4 is 0 Å². The summed E-state index contributed by atoms with van der Waals surface area (Å²) in [6.07, 6.45) is 1.54. The zero-order valence-electron chi connectivity index (χ0n) is 10.2. The molecule has 1 N–H and O–H groups in total. The van der Waals surface area contributed by atoms with Gasteiger partial charge in [-0.1, -0.05) is 39.1 Å². The second-order valence-electron chi connectivity index (χ2n) is 4.08. The molecule has 21 heavy (non-hydrogen) atoms. The van der Waals surface area contributed by atoms with Crippen LogP contribution in [0.4, 0.5) is 0 Å². The largest absolute Gasteiger partial charge is 0.287 e. The van der Waals surface area contributed by atoms with Crippen molar-refractivity contribution in [1.29, 1.82) is 0 Å². The standard InChI is InChI=1S/C13H6BrCl2N3OS/c14-7-3-1-6(2-4-7)10(20)9-8(5-17-19-9)11-12(15)18-13(16)21-11/h1-5H,(H,17,19). The van der Waals surface area contributed by atoms with Crippen LogP contribution in [0.25, 0.3) is 10.4 Å². The SMILES string of the molecule is O=C(c1ccc(Br)cc1)c1[nH]ncc1-c1sc(Cl)nc1Cl. The van der Waals surface area contributed by atoms with Crippen LogP contribution >= 0.6 is 50.5 Å². The molecule has 0 aliphatic heterocycles. The van der Waals surface area contributed by atoms with Gasteiger partial charge in [0, 0.05) is 15.6 Å². The smallest absolute Gasteiger partial charge is 0.211 e. The van der Waals surface area contributed by atoms with Crippen LogP contribution in [-0.4, -0.2) is 21.0 Å². The maximum atomic E-state index is 12.6. The molecule has 0 spiro atoms. The summed E-state index contributed by atoms with van der Waals surface area (Å²) in [5, 5.41) is 6.92. The average Bonchev–Trinajstić information content (AvgIpc) is 3.05. The Hall–Kier alpha value is -1.21. The van der Waals surface area contributed by atoms with E-state index in [1.54, 1.807) is 30.5 Å². The molecular weight excluding hydrogens is 397 g/mol. The lowest BCUT2D eigenvalue weighted by molar-refractivity contribution is 0.103. The highest BCUT2D eigenvalue weighted by atomic mass is 79.9. The third kappa shape index (κ3) is 2.89. The number of H-pyrrole nitrogens is 1. The van der Waals surface area contributed by atoms with E-state index < -0.39 is 0 Å². The normalized spacial score (nSPS) is 10.8. The van der Waals surface area contributed by atoms with Crippen molar-refractivity contribution in [2.75, 3.05) is 0 Å². The number of hydrogen-bond donors (Lipinski definition) is 1. The highest BCUT2D eigenvalue weighted by Crippen LogP contribution is 2.37.